The Morgan fingerprint density at radius 3 is 2.27 bits per heavy atom. The molecule has 0 aliphatic carbocycles. The number of hydrogen-bond acceptors (Lipinski definition) is 8. The normalized spacial score (nSPS) is 28.0. The predicted molar refractivity (Wildman–Crippen MR) is 86.3 cm³/mol. The van der Waals surface area contributed by atoms with Crippen LogP contribution in [0.4, 0.5) is 0 Å². The number of hydrogen-bond donors (Lipinski definition) is 0. The molecule has 2 aliphatic rings. The molecule has 0 aromatic heterocycles. The summed E-state index contributed by atoms with van der Waals surface area (Å²) in [5.74, 6) is -2.21. The van der Waals surface area contributed by atoms with Gasteiger partial charge in [0, 0.05) is 0 Å². The number of nitrogens with zero attached hydrogens (tertiary/aromatic N) is 1. The van der Waals surface area contributed by atoms with Gasteiger partial charge >= 0.3 is 11.9 Å². The van der Waals surface area contributed by atoms with Gasteiger partial charge in [-0.05, 0) is 23.3 Å². The predicted octanol–water partition coefficient (Wildman–Crippen LogP) is 1.48. The summed E-state index contributed by atoms with van der Waals surface area (Å²) in [6, 6.07) is 5.46. The van der Waals surface area contributed by atoms with Crippen molar-refractivity contribution in [2.24, 2.45) is 11.8 Å². The van der Waals surface area contributed by atoms with Gasteiger partial charge < -0.3 is 23.7 Å². The lowest BCUT2D eigenvalue weighted by Crippen LogP contribution is -2.44. The highest BCUT2D eigenvalue weighted by Crippen LogP contribution is 2.64. The van der Waals surface area contributed by atoms with Crippen LogP contribution < -0.4 is 9.47 Å². The summed E-state index contributed by atoms with van der Waals surface area (Å²) >= 11 is 0. The third-order valence-electron chi connectivity index (χ3n) is 5.11. The molecule has 1 fully saturated rings. The Kier molecular flexibility index (Phi) is 4.50. The Balaban J connectivity index is 2.26. The molecule has 0 radical (unpaired) electrons. The Morgan fingerprint density at radius 1 is 1.12 bits per heavy atom. The van der Waals surface area contributed by atoms with Crippen LogP contribution in [-0.4, -0.2) is 40.4 Å². The Hall–Kier alpha value is -2.79. The second-order valence-corrected chi connectivity index (χ2v) is 6.11. The van der Waals surface area contributed by atoms with E-state index < -0.39 is 35.5 Å². The molecule has 2 aliphatic heterocycles. The molecule has 26 heavy (non-hydrogen) atoms. The lowest BCUT2D eigenvalue weighted by Gasteiger charge is -2.33. The topological polar surface area (TPSA) is 104 Å². The molecule has 2 heterocycles. The highest BCUT2D eigenvalue weighted by atomic mass is 16.6. The zero-order valence-electron chi connectivity index (χ0n) is 14.9. The fraction of sp³-hybridized carbons (Fsp3) is 0.500. The quantitative estimate of drug-likeness (QED) is 0.726. The van der Waals surface area contributed by atoms with E-state index in [2.05, 4.69) is 6.07 Å². The van der Waals surface area contributed by atoms with Crippen LogP contribution in [0.25, 0.3) is 0 Å². The molecule has 0 spiro atoms. The average Bonchev–Trinajstić information content (AvgIpc) is 3.16. The molecule has 138 valence electrons. The zero-order chi connectivity index (χ0) is 19.1. The van der Waals surface area contributed by atoms with Gasteiger partial charge in [0.25, 0.3) is 0 Å². The summed E-state index contributed by atoms with van der Waals surface area (Å²) in [6.07, 6.45) is -0.867. The van der Waals surface area contributed by atoms with E-state index in [-0.39, 0.29) is 6.42 Å². The van der Waals surface area contributed by atoms with Crippen molar-refractivity contribution in [1.82, 2.24) is 0 Å². The molecule has 0 amide bonds. The minimum Gasteiger partial charge on any atom is -0.493 e. The first kappa shape index (κ1) is 18.0. The minimum atomic E-state index is -1.31. The molecule has 8 heteroatoms. The van der Waals surface area contributed by atoms with Crippen LogP contribution in [0.1, 0.15) is 23.7 Å². The Morgan fingerprint density at radius 2 is 1.73 bits per heavy atom. The van der Waals surface area contributed by atoms with E-state index in [1.165, 1.54) is 28.4 Å². The number of carbonyl (C=O) groups is 2. The number of esters is 2. The smallest absolute Gasteiger partial charge is 0.313 e. The van der Waals surface area contributed by atoms with Crippen LogP contribution in [0.3, 0.4) is 0 Å². The van der Waals surface area contributed by atoms with E-state index in [9.17, 15) is 14.9 Å². The maximum Gasteiger partial charge on any atom is 0.313 e. The number of nitriles is 1. The molecule has 1 saturated heterocycles. The van der Waals surface area contributed by atoms with Crippen LogP contribution in [0.2, 0.25) is 0 Å². The van der Waals surface area contributed by atoms with Gasteiger partial charge in [-0.2, -0.15) is 5.26 Å². The first-order chi connectivity index (χ1) is 12.5. The molecule has 1 aromatic carbocycles. The standard InChI is InChI=1S/C18H19NO7/c1-22-11-7-9-10(8-12(11)23-2)18(5-6-19)14(17(21)25-4)13(15(9)26-18)16(20)24-3/h7-8,13-15H,5H2,1-4H3/t13-,14+,15+,18-/m0/s1. The summed E-state index contributed by atoms with van der Waals surface area (Å²) < 4.78 is 26.6. The van der Waals surface area contributed by atoms with E-state index in [1.54, 1.807) is 12.1 Å². The number of ether oxygens (including phenoxy) is 5. The van der Waals surface area contributed by atoms with Gasteiger partial charge in [-0.1, -0.05) is 0 Å². The van der Waals surface area contributed by atoms with Crippen LogP contribution in [0.5, 0.6) is 11.5 Å². The van der Waals surface area contributed by atoms with Crippen LogP contribution in [0, 0.1) is 23.2 Å². The molecule has 2 bridgehead atoms. The van der Waals surface area contributed by atoms with Crippen molar-refractivity contribution in [1.29, 1.82) is 5.26 Å². The summed E-state index contributed by atoms with van der Waals surface area (Å²) in [7, 11) is 5.47. The van der Waals surface area contributed by atoms with Crippen molar-refractivity contribution >= 4 is 11.9 Å². The van der Waals surface area contributed by atoms with Crippen LogP contribution in [0.15, 0.2) is 12.1 Å². The van der Waals surface area contributed by atoms with Crippen molar-refractivity contribution in [3.63, 3.8) is 0 Å². The first-order valence-electron chi connectivity index (χ1n) is 7.95. The Labute approximate surface area is 150 Å². The van der Waals surface area contributed by atoms with Crippen LogP contribution >= 0.6 is 0 Å². The van der Waals surface area contributed by atoms with Crippen molar-refractivity contribution in [2.75, 3.05) is 28.4 Å². The summed E-state index contributed by atoms with van der Waals surface area (Å²) in [6.45, 7) is 0. The van der Waals surface area contributed by atoms with Crippen molar-refractivity contribution < 1.29 is 33.3 Å². The maximum atomic E-state index is 12.5. The van der Waals surface area contributed by atoms with Gasteiger partial charge in [-0.25, -0.2) is 0 Å². The van der Waals surface area contributed by atoms with Gasteiger partial charge in [-0.3, -0.25) is 9.59 Å². The molecule has 0 saturated carbocycles. The fourth-order valence-corrected chi connectivity index (χ4v) is 4.05. The molecular formula is C18H19NO7. The van der Waals surface area contributed by atoms with Gasteiger partial charge in [0.05, 0.1) is 47.0 Å². The fourth-order valence-electron chi connectivity index (χ4n) is 4.05. The summed E-state index contributed by atoms with van der Waals surface area (Å²) in [5, 5.41) is 9.39. The summed E-state index contributed by atoms with van der Waals surface area (Å²) in [4.78, 5) is 24.9. The second kappa shape index (κ2) is 6.50. The molecular weight excluding hydrogens is 342 g/mol. The second-order valence-electron chi connectivity index (χ2n) is 6.11. The van der Waals surface area contributed by atoms with Gasteiger partial charge in [0.1, 0.15) is 17.4 Å². The number of fused-ring (bicyclic) bond motifs is 5. The average molecular weight is 361 g/mol. The SMILES string of the molecule is COC(=O)[C@@H]1[C@@H]2O[C@@](CC#N)(c3cc(OC)c(OC)cc32)[C@H]1C(=O)OC. The maximum absolute atomic E-state index is 12.5. The largest absolute Gasteiger partial charge is 0.493 e. The van der Waals surface area contributed by atoms with Gasteiger partial charge in [0.2, 0.25) is 0 Å². The van der Waals surface area contributed by atoms with Gasteiger partial charge in [-0.15, -0.1) is 0 Å². The van der Waals surface area contributed by atoms with Crippen molar-refractivity contribution in [3.8, 4) is 17.6 Å². The van der Waals surface area contributed by atoms with E-state index in [0.29, 0.717) is 22.6 Å². The van der Waals surface area contributed by atoms with Gasteiger partial charge in [0.15, 0.2) is 11.5 Å². The van der Waals surface area contributed by atoms with E-state index >= 15 is 0 Å². The molecule has 4 atom stereocenters. The molecule has 0 N–H and O–H groups in total. The van der Waals surface area contributed by atoms with Crippen LogP contribution in [-0.2, 0) is 29.4 Å². The monoisotopic (exact) mass is 361 g/mol. The number of benzene rings is 1. The van der Waals surface area contributed by atoms with E-state index in [1.807, 2.05) is 0 Å². The molecule has 1 aromatic rings. The zero-order valence-corrected chi connectivity index (χ0v) is 14.9. The lowest BCUT2D eigenvalue weighted by molar-refractivity contribution is -0.159. The van der Waals surface area contributed by atoms with E-state index in [0.717, 1.165) is 0 Å². The highest BCUT2D eigenvalue weighted by Gasteiger charge is 2.68. The molecule has 3 rings (SSSR count). The highest BCUT2D eigenvalue weighted by molar-refractivity contribution is 5.86. The Bertz CT molecular complexity index is 799. The third-order valence-corrected chi connectivity index (χ3v) is 5.11. The third kappa shape index (κ3) is 2.24. The van der Waals surface area contributed by atoms with Crippen molar-refractivity contribution in [3.05, 3.63) is 23.3 Å². The first-order valence-corrected chi connectivity index (χ1v) is 7.95. The molecule has 8 nitrogen and oxygen atoms in total. The lowest BCUT2D eigenvalue weighted by atomic mass is 9.67. The summed E-state index contributed by atoms with van der Waals surface area (Å²) in [5.41, 5.74) is -0.00836. The minimum absolute atomic E-state index is 0.126. The number of rotatable bonds is 5. The van der Waals surface area contributed by atoms with Crippen molar-refractivity contribution in [2.45, 2.75) is 18.1 Å². The van der Waals surface area contributed by atoms with E-state index in [4.69, 9.17) is 23.7 Å². The number of methoxy groups -OCH3 is 4. The number of carbonyl (C=O) groups excluding carboxylic acids is 2. The molecule has 0 unspecified atom stereocenters.